The molecule has 1 atom stereocenters. The van der Waals surface area contributed by atoms with Crippen molar-refractivity contribution in [2.45, 2.75) is 25.3 Å². The van der Waals surface area contributed by atoms with Crippen molar-refractivity contribution in [2.75, 3.05) is 26.2 Å². The highest BCUT2D eigenvalue weighted by Crippen LogP contribution is 2.24. The molecule has 1 aliphatic heterocycles. The van der Waals surface area contributed by atoms with E-state index >= 15 is 0 Å². The minimum absolute atomic E-state index is 0.00579. The molecule has 0 aliphatic carbocycles. The average molecular weight is 367 g/mol. The van der Waals surface area contributed by atoms with Crippen molar-refractivity contribution in [1.29, 1.82) is 0 Å². The number of carbonyl (C=O) groups is 1. The summed E-state index contributed by atoms with van der Waals surface area (Å²) in [4.78, 5) is 25.1. The Hall–Kier alpha value is -2.57. The lowest BCUT2D eigenvalue weighted by Crippen LogP contribution is -2.40. The second-order valence-electron chi connectivity index (χ2n) is 6.88. The number of hydrogen-bond acceptors (Lipinski definition) is 5. The van der Waals surface area contributed by atoms with Gasteiger partial charge in [-0.05, 0) is 43.6 Å². The van der Waals surface area contributed by atoms with E-state index in [4.69, 9.17) is 0 Å². The molecule has 2 aromatic carbocycles. The maximum atomic E-state index is 12.4. The number of nitro benzene ring substituents is 1. The quantitative estimate of drug-likeness (QED) is 0.438. The number of Topliss-reactive ketones (excluding diaryl/α,β-unsaturated/α-hetero) is 1. The maximum Gasteiger partial charge on any atom is 0.269 e. The second kappa shape index (κ2) is 9.39. The van der Waals surface area contributed by atoms with Crippen LogP contribution in [0.3, 0.4) is 0 Å². The number of ketones is 1. The van der Waals surface area contributed by atoms with Crippen LogP contribution in [0.5, 0.6) is 0 Å². The number of likely N-dealkylation sites (tertiary alicyclic amines) is 1. The van der Waals surface area contributed by atoms with E-state index in [0.29, 0.717) is 12.1 Å². The molecule has 142 valence electrons. The number of rotatable bonds is 8. The first-order chi connectivity index (χ1) is 13.1. The Balaban J connectivity index is 1.59. The predicted molar refractivity (Wildman–Crippen MR) is 105 cm³/mol. The Labute approximate surface area is 159 Å². The molecule has 0 radical (unpaired) electrons. The monoisotopic (exact) mass is 367 g/mol. The van der Waals surface area contributed by atoms with Crippen LogP contribution in [0.1, 0.15) is 41.2 Å². The Morgan fingerprint density at radius 3 is 2.33 bits per heavy atom. The van der Waals surface area contributed by atoms with E-state index in [2.05, 4.69) is 22.3 Å². The van der Waals surface area contributed by atoms with Crippen molar-refractivity contribution >= 4 is 11.5 Å². The summed E-state index contributed by atoms with van der Waals surface area (Å²) in [6.07, 6.45) is 3.71. The van der Waals surface area contributed by atoms with Crippen LogP contribution < -0.4 is 5.32 Å². The second-order valence-corrected chi connectivity index (χ2v) is 6.88. The zero-order valence-corrected chi connectivity index (χ0v) is 15.3. The zero-order chi connectivity index (χ0) is 19.1. The van der Waals surface area contributed by atoms with Crippen LogP contribution in [0, 0.1) is 10.1 Å². The van der Waals surface area contributed by atoms with Gasteiger partial charge in [0.25, 0.3) is 5.69 Å². The molecule has 1 saturated heterocycles. The van der Waals surface area contributed by atoms with Gasteiger partial charge in [0.1, 0.15) is 0 Å². The standard InChI is InChI=1S/C21H25N3O3/c25-21(18-9-11-19(12-10-18)24(26)27)16-22-15-20(17-7-3-1-4-8-17)23-13-5-2-6-14-23/h1,3-4,7-12,20,22H,2,5-6,13-16H2. The molecule has 0 bridgehead atoms. The van der Waals surface area contributed by atoms with Crippen LogP contribution in [0.25, 0.3) is 0 Å². The van der Waals surface area contributed by atoms with E-state index in [9.17, 15) is 14.9 Å². The van der Waals surface area contributed by atoms with Gasteiger partial charge in [-0.15, -0.1) is 0 Å². The number of nitro groups is 1. The lowest BCUT2D eigenvalue weighted by Gasteiger charge is -2.35. The first kappa shape index (κ1) is 19.2. The number of carbonyl (C=O) groups excluding carboxylic acids is 1. The van der Waals surface area contributed by atoms with Crippen LogP contribution in [-0.4, -0.2) is 41.8 Å². The third-order valence-corrected chi connectivity index (χ3v) is 5.04. The molecule has 0 saturated carbocycles. The summed E-state index contributed by atoms with van der Waals surface area (Å²) < 4.78 is 0. The van der Waals surface area contributed by atoms with Crippen molar-refractivity contribution in [1.82, 2.24) is 10.2 Å². The summed E-state index contributed by atoms with van der Waals surface area (Å²) in [6, 6.07) is 16.4. The first-order valence-electron chi connectivity index (χ1n) is 9.42. The Kier molecular flexibility index (Phi) is 6.68. The van der Waals surface area contributed by atoms with Gasteiger partial charge < -0.3 is 5.32 Å². The third kappa shape index (κ3) is 5.21. The van der Waals surface area contributed by atoms with Crippen molar-refractivity contribution in [3.63, 3.8) is 0 Å². The SMILES string of the molecule is O=C(CNCC(c1ccccc1)N1CCCCC1)c1ccc([N+](=O)[O-])cc1. The van der Waals surface area contributed by atoms with Crippen LogP contribution in [-0.2, 0) is 0 Å². The summed E-state index contributed by atoms with van der Waals surface area (Å²) in [5, 5.41) is 14.0. The van der Waals surface area contributed by atoms with Gasteiger partial charge in [-0.3, -0.25) is 19.8 Å². The first-order valence-corrected chi connectivity index (χ1v) is 9.42. The van der Waals surface area contributed by atoms with Crippen LogP contribution in [0.15, 0.2) is 54.6 Å². The van der Waals surface area contributed by atoms with Crippen LogP contribution >= 0.6 is 0 Å². The molecule has 0 amide bonds. The molecule has 1 unspecified atom stereocenters. The summed E-state index contributed by atoms with van der Waals surface area (Å²) >= 11 is 0. The molecule has 1 aliphatic rings. The number of piperidine rings is 1. The zero-order valence-electron chi connectivity index (χ0n) is 15.3. The van der Waals surface area contributed by atoms with Gasteiger partial charge >= 0.3 is 0 Å². The fraction of sp³-hybridized carbons (Fsp3) is 0.381. The molecule has 0 spiro atoms. The van der Waals surface area contributed by atoms with E-state index in [1.54, 1.807) is 0 Å². The summed E-state index contributed by atoms with van der Waals surface area (Å²) in [5.41, 5.74) is 1.74. The lowest BCUT2D eigenvalue weighted by molar-refractivity contribution is -0.384. The molecule has 0 aromatic heterocycles. The summed E-state index contributed by atoms with van der Waals surface area (Å²) in [6.45, 7) is 3.08. The number of hydrogen-bond donors (Lipinski definition) is 1. The lowest BCUT2D eigenvalue weighted by atomic mass is 10.0. The number of non-ortho nitro benzene ring substituents is 1. The molecular weight excluding hydrogens is 342 g/mol. The van der Waals surface area contributed by atoms with Gasteiger partial charge in [0.2, 0.25) is 0 Å². The van der Waals surface area contributed by atoms with Gasteiger partial charge in [-0.1, -0.05) is 36.8 Å². The maximum absolute atomic E-state index is 12.4. The van der Waals surface area contributed by atoms with E-state index in [1.165, 1.54) is 49.1 Å². The molecular formula is C21H25N3O3. The highest BCUT2D eigenvalue weighted by molar-refractivity contribution is 5.97. The molecule has 3 rings (SSSR count). The highest BCUT2D eigenvalue weighted by atomic mass is 16.6. The van der Waals surface area contributed by atoms with Crippen LogP contribution in [0.2, 0.25) is 0 Å². The number of benzene rings is 2. The van der Waals surface area contributed by atoms with Gasteiger partial charge in [0, 0.05) is 30.3 Å². The number of nitrogens with zero attached hydrogens (tertiary/aromatic N) is 2. The van der Waals surface area contributed by atoms with Crippen molar-refractivity contribution < 1.29 is 9.72 Å². The van der Waals surface area contributed by atoms with Gasteiger partial charge in [0.05, 0.1) is 11.5 Å². The van der Waals surface area contributed by atoms with Crippen LogP contribution in [0.4, 0.5) is 5.69 Å². The minimum atomic E-state index is -0.463. The number of nitrogens with one attached hydrogen (secondary N) is 1. The average Bonchev–Trinajstić information content (AvgIpc) is 2.72. The minimum Gasteiger partial charge on any atom is -0.308 e. The fourth-order valence-electron chi connectivity index (χ4n) is 3.56. The molecule has 1 N–H and O–H groups in total. The molecule has 2 aromatic rings. The van der Waals surface area contributed by atoms with Gasteiger partial charge in [-0.2, -0.15) is 0 Å². The van der Waals surface area contributed by atoms with Crippen molar-refractivity contribution in [3.05, 3.63) is 75.8 Å². The Bertz CT molecular complexity index is 756. The smallest absolute Gasteiger partial charge is 0.269 e. The third-order valence-electron chi connectivity index (χ3n) is 5.04. The molecule has 1 fully saturated rings. The Morgan fingerprint density at radius 2 is 1.70 bits per heavy atom. The fourth-order valence-corrected chi connectivity index (χ4v) is 3.56. The van der Waals surface area contributed by atoms with E-state index in [1.807, 2.05) is 18.2 Å². The molecule has 6 nitrogen and oxygen atoms in total. The summed E-state index contributed by atoms with van der Waals surface area (Å²) in [5.74, 6) is -0.0599. The summed E-state index contributed by atoms with van der Waals surface area (Å²) in [7, 11) is 0. The van der Waals surface area contributed by atoms with Gasteiger partial charge in [0.15, 0.2) is 5.78 Å². The molecule has 27 heavy (non-hydrogen) atoms. The van der Waals surface area contributed by atoms with E-state index in [-0.39, 0.29) is 24.1 Å². The van der Waals surface area contributed by atoms with Gasteiger partial charge in [-0.25, -0.2) is 0 Å². The largest absolute Gasteiger partial charge is 0.308 e. The van der Waals surface area contributed by atoms with Crippen molar-refractivity contribution in [3.8, 4) is 0 Å². The Morgan fingerprint density at radius 1 is 1.04 bits per heavy atom. The topological polar surface area (TPSA) is 75.5 Å². The van der Waals surface area contributed by atoms with E-state index < -0.39 is 4.92 Å². The molecule has 1 heterocycles. The van der Waals surface area contributed by atoms with E-state index in [0.717, 1.165) is 13.1 Å². The van der Waals surface area contributed by atoms with Crippen molar-refractivity contribution in [2.24, 2.45) is 0 Å². The molecule has 6 heteroatoms. The normalized spacial score (nSPS) is 16.0. The predicted octanol–water partition coefficient (Wildman–Crippen LogP) is 3.59. The highest BCUT2D eigenvalue weighted by Gasteiger charge is 2.22.